The van der Waals surface area contributed by atoms with Gasteiger partial charge in [0, 0.05) is 22.7 Å². The van der Waals surface area contributed by atoms with Crippen molar-refractivity contribution in [3.8, 4) is 5.75 Å². The van der Waals surface area contributed by atoms with Gasteiger partial charge in [-0.3, -0.25) is 14.5 Å². The zero-order valence-corrected chi connectivity index (χ0v) is 14.3. The molecule has 0 atom stereocenters. The first-order valence-electron chi connectivity index (χ1n) is 8.06. The van der Waals surface area contributed by atoms with E-state index in [1.165, 1.54) is 23.1 Å². The lowest BCUT2D eigenvalue weighted by Gasteiger charge is -2.24. The summed E-state index contributed by atoms with van der Waals surface area (Å²) in [6, 6.07) is 17.5. The number of aromatic hydroxyl groups is 1. The van der Waals surface area contributed by atoms with Gasteiger partial charge in [0.1, 0.15) is 5.75 Å². The normalized spacial score (nSPS) is 10.4. The largest absolute Gasteiger partial charge is 0.507 e. The van der Waals surface area contributed by atoms with Crippen LogP contribution in [0, 0.1) is 0 Å². The maximum absolute atomic E-state index is 13.3. The summed E-state index contributed by atoms with van der Waals surface area (Å²) in [5.41, 5.74) is 18.7. The highest BCUT2D eigenvalue weighted by atomic mass is 16.3. The Balaban J connectivity index is 2.18. The molecule has 0 radical (unpaired) electrons. The van der Waals surface area contributed by atoms with Gasteiger partial charge in [0.05, 0.1) is 11.1 Å². The minimum atomic E-state index is -0.897. The minimum Gasteiger partial charge on any atom is -0.507 e. The van der Waals surface area contributed by atoms with Crippen LogP contribution in [0.3, 0.4) is 0 Å². The van der Waals surface area contributed by atoms with E-state index in [0.717, 1.165) is 0 Å². The summed E-state index contributed by atoms with van der Waals surface area (Å²) in [5.74, 6) is -1.79. The Morgan fingerprint density at radius 1 is 0.778 bits per heavy atom. The predicted molar refractivity (Wildman–Crippen MR) is 105 cm³/mol. The number of amides is 2. The Bertz CT molecular complexity index is 953. The molecular formula is C20H18N4O3. The van der Waals surface area contributed by atoms with Crippen LogP contribution in [-0.2, 0) is 0 Å². The predicted octanol–water partition coefficient (Wildman–Crippen LogP) is 2.63. The third kappa shape index (κ3) is 3.52. The van der Waals surface area contributed by atoms with Crippen molar-refractivity contribution in [2.45, 2.75) is 0 Å². The van der Waals surface area contributed by atoms with Gasteiger partial charge in [-0.1, -0.05) is 6.07 Å². The van der Waals surface area contributed by atoms with Gasteiger partial charge < -0.3 is 22.3 Å². The number of rotatable bonds is 4. The van der Waals surface area contributed by atoms with Gasteiger partial charge in [-0.15, -0.1) is 0 Å². The van der Waals surface area contributed by atoms with Crippen molar-refractivity contribution in [3.05, 3.63) is 77.9 Å². The molecule has 7 N–H and O–H groups in total. The SMILES string of the molecule is NC(=O)c1c(O)cccc1C(=O)N(c1ccc(N)cc1)c1ccc(N)cc1. The number of nitrogen functional groups attached to an aromatic ring is 2. The molecule has 27 heavy (non-hydrogen) atoms. The van der Waals surface area contributed by atoms with Crippen molar-refractivity contribution in [3.63, 3.8) is 0 Å². The van der Waals surface area contributed by atoms with Gasteiger partial charge in [-0.2, -0.15) is 0 Å². The molecule has 0 aliphatic rings. The quantitative estimate of drug-likeness (QED) is 0.529. The molecule has 3 rings (SSSR count). The average Bonchev–Trinajstić information content (AvgIpc) is 2.64. The van der Waals surface area contributed by atoms with Gasteiger partial charge in [0.25, 0.3) is 11.8 Å². The van der Waals surface area contributed by atoms with E-state index in [1.807, 2.05) is 0 Å². The minimum absolute atomic E-state index is 0.0175. The fourth-order valence-corrected chi connectivity index (χ4v) is 2.73. The van der Waals surface area contributed by atoms with E-state index in [0.29, 0.717) is 22.7 Å². The lowest BCUT2D eigenvalue weighted by molar-refractivity contribution is 0.0964. The first kappa shape index (κ1) is 17.8. The molecule has 0 aromatic heterocycles. The summed E-state index contributed by atoms with van der Waals surface area (Å²) >= 11 is 0. The van der Waals surface area contributed by atoms with E-state index < -0.39 is 11.8 Å². The molecule has 0 heterocycles. The van der Waals surface area contributed by atoms with Gasteiger partial charge in [0.2, 0.25) is 0 Å². The van der Waals surface area contributed by atoms with E-state index >= 15 is 0 Å². The highest BCUT2D eigenvalue weighted by molar-refractivity contribution is 6.16. The second kappa shape index (κ2) is 7.09. The molecule has 0 spiro atoms. The van der Waals surface area contributed by atoms with Crippen molar-refractivity contribution in [2.24, 2.45) is 5.73 Å². The molecule has 7 nitrogen and oxygen atoms in total. The summed E-state index contributed by atoms with van der Waals surface area (Å²) in [6.07, 6.45) is 0. The van der Waals surface area contributed by atoms with Crippen LogP contribution in [-0.4, -0.2) is 16.9 Å². The maximum atomic E-state index is 13.3. The number of nitrogens with zero attached hydrogens (tertiary/aromatic N) is 1. The summed E-state index contributed by atoms with van der Waals surface area (Å²) in [4.78, 5) is 26.5. The van der Waals surface area contributed by atoms with Gasteiger partial charge >= 0.3 is 0 Å². The number of carbonyl (C=O) groups is 2. The fraction of sp³-hybridized carbons (Fsp3) is 0. The number of phenols is 1. The maximum Gasteiger partial charge on any atom is 0.263 e. The van der Waals surface area contributed by atoms with Crippen LogP contribution in [0.25, 0.3) is 0 Å². The molecule has 0 aliphatic carbocycles. The number of anilines is 4. The van der Waals surface area contributed by atoms with Crippen molar-refractivity contribution >= 4 is 34.6 Å². The topological polar surface area (TPSA) is 136 Å². The van der Waals surface area contributed by atoms with Crippen LogP contribution >= 0.6 is 0 Å². The molecule has 0 aliphatic heterocycles. The third-order valence-electron chi connectivity index (χ3n) is 4.02. The molecular weight excluding hydrogens is 344 g/mol. The molecule has 136 valence electrons. The highest BCUT2D eigenvalue weighted by Crippen LogP contribution is 2.31. The number of hydrogen-bond acceptors (Lipinski definition) is 5. The first-order chi connectivity index (χ1) is 12.9. The van der Waals surface area contributed by atoms with Crippen LogP contribution in [0.4, 0.5) is 22.7 Å². The smallest absolute Gasteiger partial charge is 0.263 e. The molecule has 0 saturated carbocycles. The first-order valence-corrected chi connectivity index (χ1v) is 8.06. The summed E-state index contributed by atoms with van der Waals surface area (Å²) in [6.45, 7) is 0. The summed E-state index contributed by atoms with van der Waals surface area (Å²) in [5, 5.41) is 10.0. The second-order valence-electron chi connectivity index (χ2n) is 5.89. The average molecular weight is 362 g/mol. The Hall–Kier alpha value is -4.00. The third-order valence-corrected chi connectivity index (χ3v) is 4.02. The van der Waals surface area contributed by atoms with Crippen molar-refractivity contribution in [2.75, 3.05) is 16.4 Å². The van der Waals surface area contributed by atoms with E-state index in [-0.39, 0.29) is 16.9 Å². The molecule has 0 saturated heterocycles. The van der Waals surface area contributed by atoms with Crippen molar-refractivity contribution in [1.29, 1.82) is 0 Å². The van der Waals surface area contributed by atoms with Gasteiger partial charge in [-0.25, -0.2) is 0 Å². The zero-order valence-electron chi connectivity index (χ0n) is 14.3. The summed E-state index contributed by atoms with van der Waals surface area (Å²) in [7, 11) is 0. The lowest BCUT2D eigenvalue weighted by Crippen LogP contribution is -2.28. The Kier molecular flexibility index (Phi) is 4.68. The van der Waals surface area contributed by atoms with Crippen LogP contribution < -0.4 is 22.1 Å². The highest BCUT2D eigenvalue weighted by Gasteiger charge is 2.25. The molecule has 0 bridgehead atoms. The zero-order chi connectivity index (χ0) is 19.6. The number of primary amides is 1. The lowest BCUT2D eigenvalue weighted by atomic mass is 10.0. The number of carbonyl (C=O) groups excluding carboxylic acids is 2. The number of nitrogens with two attached hydrogens (primary N) is 3. The van der Waals surface area contributed by atoms with Gasteiger partial charge in [-0.05, 0) is 60.7 Å². The number of hydrogen-bond donors (Lipinski definition) is 4. The van der Waals surface area contributed by atoms with Crippen molar-refractivity contribution in [1.82, 2.24) is 0 Å². The molecule has 0 fully saturated rings. The molecule has 3 aromatic carbocycles. The Morgan fingerprint density at radius 2 is 1.26 bits per heavy atom. The van der Waals surface area contributed by atoms with E-state index in [1.54, 1.807) is 48.5 Å². The standard InChI is InChI=1S/C20H18N4O3/c21-12-4-8-14(9-5-12)24(15-10-6-13(22)7-11-15)20(27)16-2-1-3-17(25)18(16)19(23)26/h1-11,25H,21-22H2,(H2,23,26). The Labute approximate surface area is 155 Å². The van der Waals surface area contributed by atoms with Crippen LogP contribution in [0.1, 0.15) is 20.7 Å². The van der Waals surface area contributed by atoms with E-state index in [4.69, 9.17) is 17.2 Å². The van der Waals surface area contributed by atoms with Crippen molar-refractivity contribution < 1.29 is 14.7 Å². The second-order valence-corrected chi connectivity index (χ2v) is 5.89. The number of benzene rings is 3. The van der Waals surface area contributed by atoms with Crippen LogP contribution in [0.5, 0.6) is 5.75 Å². The van der Waals surface area contributed by atoms with Crippen LogP contribution in [0.2, 0.25) is 0 Å². The Morgan fingerprint density at radius 3 is 1.70 bits per heavy atom. The monoisotopic (exact) mass is 362 g/mol. The molecule has 0 unspecified atom stereocenters. The molecule has 7 heteroatoms. The van der Waals surface area contributed by atoms with E-state index in [9.17, 15) is 14.7 Å². The van der Waals surface area contributed by atoms with Gasteiger partial charge in [0.15, 0.2) is 0 Å². The van der Waals surface area contributed by atoms with Crippen LogP contribution in [0.15, 0.2) is 66.7 Å². The summed E-state index contributed by atoms with van der Waals surface area (Å²) < 4.78 is 0. The molecule has 3 aromatic rings. The molecule has 2 amide bonds. The fourth-order valence-electron chi connectivity index (χ4n) is 2.73. The van der Waals surface area contributed by atoms with E-state index in [2.05, 4.69) is 0 Å².